The highest BCUT2D eigenvalue weighted by Gasteiger charge is 2.44. The minimum absolute atomic E-state index is 0.217. The second-order valence-electron chi connectivity index (χ2n) is 7.61. The largest absolute Gasteiger partial charge is 0.481 e. The van der Waals surface area contributed by atoms with Gasteiger partial charge in [-0.25, -0.2) is 4.39 Å². The first-order valence-electron chi connectivity index (χ1n) is 8.80. The molecule has 1 aromatic heterocycles. The molecule has 126 valence electrons. The highest BCUT2D eigenvalue weighted by molar-refractivity contribution is 5.82. The maximum atomic E-state index is 13.7. The van der Waals surface area contributed by atoms with E-state index in [1.54, 1.807) is 12.1 Å². The molecule has 2 saturated carbocycles. The number of aliphatic carboxylic acids is 1. The van der Waals surface area contributed by atoms with Crippen LogP contribution in [0.3, 0.4) is 0 Å². The monoisotopic (exact) mass is 327 g/mol. The first-order valence-corrected chi connectivity index (χ1v) is 8.80. The summed E-state index contributed by atoms with van der Waals surface area (Å²) in [5.41, 5.74) is 2.06. The SMILES string of the molecule is C[C@@H](C(=O)O)C1C[C@@H]2C[C@H](c3ccnc4ccc(F)cc34)C[C@@H]2C1. The Kier molecular flexibility index (Phi) is 3.78. The van der Waals surface area contributed by atoms with E-state index in [9.17, 15) is 14.3 Å². The van der Waals surface area contributed by atoms with E-state index in [1.807, 2.05) is 19.2 Å². The van der Waals surface area contributed by atoms with Crippen LogP contribution in [0, 0.1) is 29.5 Å². The highest BCUT2D eigenvalue weighted by Crippen LogP contribution is 2.54. The minimum atomic E-state index is -0.674. The van der Waals surface area contributed by atoms with Gasteiger partial charge in [0.1, 0.15) is 5.82 Å². The van der Waals surface area contributed by atoms with Gasteiger partial charge < -0.3 is 5.11 Å². The molecule has 3 nitrogen and oxygen atoms in total. The molecule has 2 aliphatic carbocycles. The van der Waals surface area contributed by atoms with E-state index in [2.05, 4.69) is 4.98 Å². The van der Waals surface area contributed by atoms with E-state index in [1.165, 1.54) is 11.6 Å². The van der Waals surface area contributed by atoms with Gasteiger partial charge in [-0.1, -0.05) is 6.92 Å². The van der Waals surface area contributed by atoms with Crippen molar-refractivity contribution in [3.05, 3.63) is 41.8 Å². The number of benzene rings is 1. The molecule has 0 aliphatic heterocycles. The van der Waals surface area contributed by atoms with Crippen molar-refractivity contribution in [2.75, 3.05) is 0 Å². The van der Waals surface area contributed by atoms with Gasteiger partial charge in [-0.05, 0) is 79.2 Å². The maximum absolute atomic E-state index is 13.7. The van der Waals surface area contributed by atoms with E-state index in [4.69, 9.17) is 0 Å². The number of rotatable bonds is 3. The molecule has 4 heteroatoms. The summed E-state index contributed by atoms with van der Waals surface area (Å²) in [6, 6.07) is 6.83. The summed E-state index contributed by atoms with van der Waals surface area (Å²) in [5.74, 6) is 0.831. The lowest BCUT2D eigenvalue weighted by atomic mass is 9.86. The lowest BCUT2D eigenvalue weighted by Crippen LogP contribution is -2.19. The van der Waals surface area contributed by atoms with Crippen LogP contribution in [0.4, 0.5) is 4.39 Å². The molecule has 1 heterocycles. The van der Waals surface area contributed by atoms with Crippen LogP contribution in [-0.4, -0.2) is 16.1 Å². The Morgan fingerprint density at radius 2 is 1.92 bits per heavy atom. The van der Waals surface area contributed by atoms with Crippen molar-refractivity contribution in [3.63, 3.8) is 0 Å². The third-order valence-electron chi connectivity index (χ3n) is 6.33. The van der Waals surface area contributed by atoms with Crippen molar-refractivity contribution in [1.82, 2.24) is 4.98 Å². The summed E-state index contributed by atoms with van der Waals surface area (Å²) in [4.78, 5) is 15.6. The summed E-state index contributed by atoms with van der Waals surface area (Å²) in [5, 5.41) is 10.2. The maximum Gasteiger partial charge on any atom is 0.306 e. The van der Waals surface area contributed by atoms with Crippen molar-refractivity contribution in [1.29, 1.82) is 0 Å². The summed E-state index contributed by atoms with van der Waals surface area (Å²) in [6.45, 7) is 1.84. The molecule has 2 aliphatic rings. The van der Waals surface area contributed by atoms with Crippen molar-refractivity contribution < 1.29 is 14.3 Å². The van der Waals surface area contributed by atoms with Crippen molar-refractivity contribution >= 4 is 16.9 Å². The number of nitrogens with zero attached hydrogens (tertiary/aromatic N) is 1. The summed E-state index contributed by atoms with van der Waals surface area (Å²) in [6.07, 6.45) is 6.03. The molecule has 4 rings (SSSR count). The minimum Gasteiger partial charge on any atom is -0.481 e. The van der Waals surface area contributed by atoms with E-state index >= 15 is 0 Å². The standard InChI is InChI=1S/C20H22FNO2/c1-11(20(23)24)12-6-13-8-15(9-14(13)7-12)17-4-5-22-19-3-2-16(21)10-18(17)19/h2-5,10-15H,6-9H2,1H3,(H,23,24)/t11-,12?,13-,14+,15+/m1/s1. The molecule has 2 aromatic rings. The molecule has 1 aromatic carbocycles. The molecule has 0 radical (unpaired) electrons. The number of hydrogen-bond acceptors (Lipinski definition) is 2. The number of carbonyl (C=O) groups is 1. The third kappa shape index (κ3) is 2.58. The van der Waals surface area contributed by atoms with Crippen molar-refractivity contribution in [3.8, 4) is 0 Å². The molecular weight excluding hydrogens is 305 g/mol. The number of carboxylic acid groups (broad SMARTS) is 1. The second-order valence-corrected chi connectivity index (χ2v) is 7.61. The van der Waals surface area contributed by atoms with Gasteiger partial charge >= 0.3 is 5.97 Å². The number of pyridine rings is 1. The van der Waals surface area contributed by atoms with Gasteiger partial charge in [0, 0.05) is 11.6 Å². The lowest BCUT2D eigenvalue weighted by molar-refractivity contribution is -0.142. The molecule has 1 N–H and O–H groups in total. The Morgan fingerprint density at radius 3 is 2.58 bits per heavy atom. The first kappa shape index (κ1) is 15.6. The number of fused-ring (bicyclic) bond motifs is 2. The van der Waals surface area contributed by atoms with Gasteiger partial charge in [-0.2, -0.15) is 0 Å². The van der Waals surface area contributed by atoms with Crippen LogP contribution < -0.4 is 0 Å². The first-order chi connectivity index (χ1) is 11.5. The van der Waals surface area contributed by atoms with Crippen LogP contribution in [0.25, 0.3) is 10.9 Å². The number of carboxylic acids is 1. The summed E-state index contributed by atoms with van der Waals surface area (Å²) >= 11 is 0. The molecule has 5 atom stereocenters. The van der Waals surface area contributed by atoms with Gasteiger partial charge in [0.25, 0.3) is 0 Å². The van der Waals surface area contributed by atoms with E-state index in [0.717, 1.165) is 36.6 Å². The average Bonchev–Trinajstić information content (AvgIpc) is 3.12. The van der Waals surface area contributed by atoms with Gasteiger partial charge in [0.05, 0.1) is 11.4 Å². The fraction of sp³-hybridized carbons (Fsp3) is 0.500. The van der Waals surface area contributed by atoms with Gasteiger partial charge in [0.15, 0.2) is 0 Å². The molecule has 0 spiro atoms. The number of aromatic nitrogens is 1. The average molecular weight is 327 g/mol. The normalized spacial score (nSPS) is 30.4. The Morgan fingerprint density at radius 1 is 1.21 bits per heavy atom. The Labute approximate surface area is 140 Å². The van der Waals surface area contributed by atoms with Crippen molar-refractivity contribution in [2.24, 2.45) is 23.7 Å². The molecular formula is C20H22FNO2. The van der Waals surface area contributed by atoms with Crippen LogP contribution in [0.5, 0.6) is 0 Å². The Balaban J connectivity index is 1.56. The zero-order valence-electron chi connectivity index (χ0n) is 13.8. The Bertz CT molecular complexity index is 776. The van der Waals surface area contributed by atoms with Gasteiger partial charge in [0.2, 0.25) is 0 Å². The molecule has 1 unspecified atom stereocenters. The smallest absolute Gasteiger partial charge is 0.306 e. The quantitative estimate of drug-likeness (QED) is 0.895. The molecule has 0 bridgehead atoms. The van der Waals surface area contributed by atoms with E-state index in [0.29, 0.717) is 23.7 Å². The van der Waals surface area contributed by atoms with Crippen molar-refractivity contribution in [2.45, 2.75) is 38.5 Å². The third-order valence-corrected chi connectivity index (χ3v) is 6.33. The molecule has 24 heavy (non-hydrogen) atoms. The molecule has 0 saturated heterocycles. The predicted octanol–water partition coefficient (Wildman–Crippen LogP) is 4.61. The number of halogens is 1. The number of hydrogen-bond donors (Lipinski definition) is 1. The Hall–Kier alpha value is -1.97. The molecule has 2 fully saturated rings. The predicted molar refractivity (Wildman–Crippen MR) is 90.2 cm³/mol. The van der Waals surface area contributed by atoms with E-state index in [-0.39, 0.29) is 11.7 Å². The van der Waals surface area contributed by atoms with Gasteiger partial charge in [-0.3, -0.25) is 9.78 Å². The topological polar surface area (TPSA) is 50.2 Å². The summed E-state index contributed by atoms with van der Waals surface area (Å²) < 4.78 is 13.7. The van der Waals surface area contributed by atoms with Gasteiger partial charge in [-0.15, -0.1) is 0 Å². The van der Waals surface area contributed by atoms with Crippen LogP contribution in [0.2, 0.25) is 0 Å². The zero-order valence-corrected chi connectivity index (χ0v) is 13.8. The highest BCUT2D eigenvalue weighted by atomic mass is 19.1. The second kappa shape index (κ2) is 5.83. The molecule has 0 amide bonds. The summed E-state index contributed by atoms with van der Waals surface area (Å²) in [7, 11) is 0. The van der Waals surface area contributed by atoms with Crippen LogP contribution in [0.1, 0.15) is 44.1 Å². The van der Waals surface area contributed by atoms with E-state index < -0.39 is 5.97 Å². The fourth-order valence-corrected chi connectivity index (χ4v) is 5.02. The lowest BCUT2D eigenvalue weighted by Gasteiger charge is -2.19. The van der Waals surface area contributed by atoms with Crippen LogP contribution >= 0.6 is 0 Å². The van der Waals surface area contributed by atoms with Crippen LogP contribution in [-0.2, 0) is 4.79 Å². The van der Waals surface area contributed by atoms with Crippen LogP contribution in [0.15, 0.2) is 30.5 Å². The fourth-order valence-electron chi connectivity index (χ4n) is 5.02. The zero-order chi connectivity index (χ0) is 16.8.